The van der Waals surface area contributed by atoms with E-state index in [0.29, 0.717) is 21.7 Å². The molecule has 5 aromatic rings. The lowest BCUT2D eigenvalue weighted by Gasteiger charge is -2.07. The molecule has 30 heavy (non-hydrogen) atoms. The van der Waals surface area contributed by atoms with Gasteiger partial charge in [-0.15, -0.1) is 10.2 Å². The van der Waals surface area contributed by atoms with E-state index in [4.69, 9.17) is 28.2 Å². The van der Waals surface area contributed by atoms with Gasteiger partial charge in [-0.2, -0.15) is 0 Å². The maximum absolute atomic E-state index is 6.07. The van der Waals surface area contributed by atoms with Gasteiger partial charge in [0, 0.05) is 21.3 Å². The first-order valence-electron chi connectivity index (χ1n) is 9.22. The number of hydrogen-bond donors (Lipinski definition) is 1. The fourth-order valence-corrected chi connectivity index (χ4v) is 4.31. The summed E-state index contributed by atoms with van der Waals surface area (Å²) in [5, 5.41) is 14.9. The van der Waals surface area contributed by atoms with Gasteiger partial charge in [0.1, 0.15) is 10.8 Å². The molecular formula is C22H15Cl2N5S. The number of nitrogens with zero attached hydrogens (tertiary/aromatic N) is 4. The Morgan fingerprint density at radius 1 is 0.867 bits per heavy atom. The van der Waals surface area contributed by atoms with Crippen molar-refractivity contribution in [2.45, 2.75) is 6.54 Å². The molecule has 0 unspecified atom stereocenters. The monoisotopic (exact) mass is 451 g/mol. The van der Waals surface area contributed by atoms with E-state index in [-0.39, 0.29) is 0 Å². The first-order valence-corrected chi connectivity index (χ1v) is 10.8. The van der Waals surface area contributed by atoms with Crippen LogP contribution in [0.5, 0.6) is 0 Å². The summed E-state index contributed by atoms with van der Waals surface area (Å²) in [5.74, 6) is 0.868. The number of halogens is 2. The summed E-state index contributed by atoms with van der Waals surface area (Å²) in [6, 6.07) is 23.3. The highest BCUT2D eigenvalue weighted by atomic mass is 35.5. The number of fused-ring (bicyclic) bond motifs is 1. The van der Waals surface area contributed by atoms with E-state index in [2.05, 4.69) is 26.1 Å². The van der Waals surface area contributed by atoms with Gasteiger partial charge in [-0.25, -0.2) is 4.98 Å². The molecule has 0 spiro atoms. The van der Waals surface area contributed by atoms with Crippen molar-refractivity contribution in [3.8, 4) is 11.4 Å². The summed E-state index contributed by atoms with van der Waals surface area (Å²) in [6.07, 6.45) is 0. The van der Waals surface area contributed by atoms with Crippen molar-refractivity contribution in [3.63, 3.8) is 0 Å². The molecule has 8 heteroatoms. The van der Waals surface area contributed by atoms with Gasteiger partial charge in [-0.3, -0.25) is 0 Å². The molecule has 0 bridgehead atoms. The predicted octanol–water partition coefficient (Wildman–Crippen LogP) is 6.65. The zero-order valence-electron chi connectivity index (χ0n) is 15.6. The second kappa shape index (κ2) is 8.07. The minimum absolute atomic E-state index is 0.563. The van der Waals surface area contributed by atoms with Crippen LogP contribution in [0, 0.1) is 0 Å². The number of benzene rings is 3. The van der Waals surface area contributed by atoms with Crippen molar-refractivity contribution >= 4 is 56.4 Å². The maximum atomic E-state index is 6.07. The molecule has 5 nitrogen and oxygen atoms in total. The number of rotatable bonds is 5. The summed E-state index contributed by atoms with van der Waals surface area (Å²) in [4.78, 5) is 4.84. The van der Waals surface area contributed by atoms with Crippen LogP contribution in [0.3, 0.4) is 0 Å². The van der Waals surface area contributed by atoms with Crippen molar-refractivity contribution < 1.29 is 0 Å². The fraction of sp³-hybridized carbons (Fsp3) is 0.0455. The molecule has 0 saturated carbocycles. The molecular weight excluding hydrogens is 437 g/mol. The first-order chi connectivity index (χ1) is 14.7. The van der Waals surface area contributed by atoms with Crippen molar-refractivity contribution in [2.24, 2.45) is 0 Å². The van der Waals surface area contributed by atoms with E-state index in [9.17, 15) is 0 Å². The van der Waals surface area contributed by atoms with Crippen LogP contribution >= 0.6 is 34.5 Å². The Morgan fingerprint density at radius 2 is 1.70 bits per heavy atom. The second-order valence-electron chi connectivity index (χ2n) is 6.65. The number of nitrogens with one attached hydrogen (secondary N) is 1. The standard InChI is InChI=1S/C22H15Cl2N5S/c23-15-10-8-14(9-11-15)21-26-18-6-1-2-7-19(18)29(21)13-20-27-28-22(30-20)25-17-5-3-4-16(24)12-17/h1-12H,13H2,(H,25,28). The summed E-state index contributed by atoms with van der Waals surface area (Å²) in [5.41, 5.74) is 3.85. The molecule has 0 radical (unpaired) electrons. The topological polar surface area (TPSA) is 55.6 Å². The van der Waals surface area contributed by atoms with Crippen LogP contribution in [0.15, 0.2) is 72.8 Å². The van der Waals surface area contributed by atoms with Crippen LogP contribution in [0.4, 0.5) is 10.8 Å². The SMILES string of the molecule is Clc1ccc(-c2nc3ccccc3n2Cc2nnc(Nc3cccc(Cl)c3)s2)cc1. The Balaban J connectivity index is 1.49. The summed E-state index contributed by atoms with van der Waals surface area (Å²) in [7, 11) is 0. The largest absolute Gasteiger partial charge is 0.330 e. The van der Waals surface area contributed by atoms with Gasteiger partial charge in [-0.05, 0) is 54.6 Å². The molecule has 0 aliphatic heterocycles. The lowest BCUT2D eigenvalue weighted by molar-refractivity contribution is 0.809. The second-order valence-corrected chi connectivity index (χ2v) is 8.59. The number of anilines is 2. The van der Waals surface area contributed by atoms with Crippen molar-refractivity contribution in [1.29, 1.82) is 0 Å². The Morgan fingerprint density at radius 3 is 2.53 bits per heavy atom. The van der Waals surface area contributed by atoms with Crippen molar-refractivity contribution in [3.05, 3.63) is 87.8 Å². The molecule has 3 aromatic carbocycles. The van der Waals surface area contributed by atoms with Gasteiger partial charge >= 0.3 is 0 Å². The van der Waals surface area contributed by atoms with E-state index in [1.165, 1.54) is 11.3 Å². The number of para-hydroxylation sites is 2. The molecule has 0 aliphatic rings. The number of imidazole rings is 1. The fourth-order valence-electron chi connectivity index (χ4n) is 3.25. The van der Waals surface area contributed by atoms with Crippen LogP contribution in [0.1, 0.15) is 5.01 Å². The zero-order chi connectivity index (χ0) is 20.5. The minimum atomic E-state index is 0.563. The summed E-state index contributed by atoms with van der Waals surface area (Å²) < 4.78 is 2.16. The molecule has 0 atom stereocenters. The highest BCUT2D eigenvalue weighted by Gasteiger charge is 2.15. The van der Waals surface area contributed by atoms with Gasteiger partial charge in [-0.1, -0.05) is 52.7 Å². The van der Waals surface area contributed by atoms with Crippen molar-refractivity contribution in [1.82, 2.24) is 19.7 Å². The van der Waals surface area contributed by atoms with Crippen LogP contribution < -0.4 is 5.32 Å². The Labute approximate surface area is 186 Å². The molecule has 0 amide bonds. The van der Waals surface area contributed by atoms with E-state index < -0.39 is 0 Å². The van der Waals surface area contributed by atoms with E-state index in [0.717, 1.165) is 33.1 Å². The zero-order valence-corrected chi connectivity index (χ0v) is 17.9. The minimum Gasteiger partial charge on any atom is -0.330 e. The summed E-state index contributed by atoms with van der Waals surface area (Å²) in [6.45, 7) is 0.563. The Bertz CT molecular complexity index is 1330. The molecule has 148 valence electrons. The highest BCUT2D eigenvalue weighted by Crippen LogP contribution is 2.29. The lowest BCUT2D eigenvalue weighted by atomic mass is 10.2. The molecule has 0 aliphatic carbocycles. The quantitative estimate of drug-likeness (QED) is 0.324. The van der Waals surface area contributed by atoms with Crippen LogP contribution in [-0.4, -0.2) is 19.7 Å². The molecule has 5 rings (SSSR count). The average Bonchev–Trinajstić information content (AvgIpc) is 3.34. The van der Waals surface area contributed by atoms with Gasteiger partial charge < -0.3 is 9.88 Å². The predicted molar refractivity (Wildman–Crippen MR) is 124 cm³/mol. The molecule has 2 heterocycles. The third-order valence-electron chi connectivity index (χ3n) is 4.59. The van der Waals surface area contributed by atoms with E-state index >= 15 is 0 Å². The molecule has 0 saturated heterocycles. The average molecular weight is 452 g/mol. The Kier molecular flexibility index (Phi) is 5.12. The normalized spacial score (nSPS) is 11.1. The highest BCUT2D eigenvalue weighted by molar-refractivity contribution is 7.15. The third-order valence-corrected chi connectivity index (χ3v) is 5.90. The van der Waals surface area contributed by atoms with E-state index in [1.807, 2.05) is 66.7 Å². The van der Waals surface area contributed by atoms with Crippen LogP contribution in [-0.2, 0) is 6.54 Å². The molecule has 1 N–H and O–H groups in total. The summed E-state index contributed by atoms with van der Waals surface area (Å²) >= 11 is 13.6. The van der Waals surface area contributed by atoms with Gasteiger partial charge in [0.05, 0.1) is 17.6 Å². The van der Waals surface area contributed by atoms with Gasteiger partial charge in [0.15, 0.2) is 0 Å². The smallest absolute Gasteiger partial charge is 0.210 e. The van der Waals surface area contributed by atoms with Crippen LogP contribution in [0.25, 0.3) is 22.4 Å². The Hall–Kier alpha value is -2.93. The number of aromatic nitrogens is 4. The van der Waals surface area contributed by atoms with Gasteiger partial charge in [0.2, 0.25) is 5.13 Å². The van der Waals surface area contributed by atoms with E-state index in [1.54, 1.807) is 0 Å². The third kappa shape index (κ3) is 3.89. The number of hydrogen-bond acceptors (Lipinski definition) is 5. The van der Waals surface area contributed by atoms with Crippen LogP contribution in [0.2, 0.25) is 10.0 Å². The molecule has 0 fully saturated rings. The van der Waals surface area contributed by atoms with Gasteiger partial charge in [0.25, 0.3) is 0 Å². The lowest BCUT2D eigenvalue weighted by Crippen LogP contribution is -2.02. The first kappa shape index (κ1) is 19.1. The maximum Gasteiger partial charge on any atom is 0.210 e. The molecule has 2 aromatic heterocycles. The van der Waals surface area contributed by atoms with Crippen molar-refractivity contribution in [2.75, 3.05) is 5.32 Å².